The van der Waals surface area contributed by atoms with Crippen LogP contribution in [-0.4, -0.2) is 16.8 Å². The van der Waals surface area contributed by atoms with E-state index in [-0.39, 0.29) is 22.2 Å². The van der Waals surface area contributed by atoms with Gasteiger partial charge in [0, 0.05) is 17.2 Å². The third-order valence-electron chi connectivity index (χ3n) is 2.62. The molecule has 100 valence electrons. The summed E-state index contributed by atoms with van der Waals surface area (Å²) in [6.45, 7) is 4.06. The van der Waals surface area contributed by atoms with Gasteiger partial charge in [0.05, 0.1) is 10.2 Å². The van der Waals surface area contributed by atoms with Crippen molar-refractivity contribution >= 4 is 33.5 Å². The Labute approximate surface area is 118 Å². The van der Waals surface area contributed by atoms with E-state index in [0.29, 0.717) is 11.0 Å². The molecule has 18 heavy (non-hydrogen) atoms. The minimum atomic E-state index is -0.683. The number of halogens is 3. The second kappa shape index (κ2) is 7.24. The van der Waals surface area contributed by atoms with Crippen LogP contribution in [0.5, 0.6) is 0 Å². The first-order valence-electron chi connectivity index (χ1n) is 5.71. The molecule has 0 aliphatic heterocycles. The maximum Gasteiger partial charge on any atom is 0.147 e. The summed E-state index contributed by atoms with van der Waals surface area (Å²) in [5.41, 5.74) is -0.154. The summed E-state index contributed by atoms with van der Waals surface area (Å²) in [7, 11) is 0. The van der Waals surface area contributed by atoms with Gasteiger partial charge in [0.1, 0.15) is 17.4 Å². The Morgan fingerprint density at radius 3 is 2.72 bits per heavy atom. The van der Waals surface area contributed by atoms with Crippen molar-refractivity contribution in [2.75, 3.05) is 5.75 Å². The lowest BCUT2D eigenvalue weighted by molar-refractivity contribution is -0.116. The molecule has 0 saturated carbocycles. The minimum absolute atomic E-state index is 0.154. The molecule has 1 atom stereocenters. The molecule has 0 spiro atoms. The highest BCUT2D eigenvalue weighted by atomic mass is 79.9. The highest BCUT2D eigenvalue weighted by molar-refractivity contribution is 9.10. The highest BCUT2D eigenvalue weighted by Gasteiger charge is 2.16. The maximum absolute atomic E-state index is 13.6. The van der Waals surface area contributed by atoms with Crippen LogP contribution in [0.3, 0.4) is 0 Å². The quantitative estimate of drug-likeness (QED) is 0.717. The van der Waals surface area contributed by atoms with E-state index in [1.165, 1.54) is 17.8 Å². The topological polar surface area (TPSA) is 17.1 Å². The zero-order chi connectivity index (χ0) is 13.7. The van der Waals surface area contributed by atoms with Gasteiger partial charge in [-0.05, 0) is 34.5 Å². The van der Waals surface area contributed by atoms with Gasteiger partial charge < -0.3 is 0 Å². The van der Waals surface area contributed by atoms with Crippen molar-refractivity contribution < 1.29 is 13.6 Å². The van der Waals surface area contributed by atoms with Crippen molar-refractivity contribution in [1.82, 2.24) is 0 Å². The van der Waals surface area contributed by atoms with Crippen LogP contribution in [0.2, 0.25) is 0 Å². The van der Waals surface area contributed by atoms with Crippen LogP contribution in [0.15, 0.2) is 16.6 Å². The number of hydrogen-bond donors (Lipinski definition) is 0. The summed E-state index contributed by atoms with van der Waals surface area (Å²) in [6.07, 6.45) is 0.776. The van der Waals surface area contributed by atoms with Crippen LogP contribution < -0.4 is 0 Å². The monoisotopic (exact) mass is 336 g/mol. The molecular weight excluding hydrogens is 322 g/mol. The number of hydrogen-bond acceptors (Lipinski definition) is 2. The molecule has 0 bridgehead atoms. The number of carbonyl (C=O) groups excluding carboxylic acids is 1. The van der Waals surface area contributed by atoms with Crippen molar-refractivity contribution in [2.45, 2.75) is 31.9 Å². The summed E-state index contributed by atoms with van der Waals surface area (Å²) < 4.78 is 27.3. The minimum Gasteiger partial charge on any atom is -0.298 e. The molecule has 0 radical (unpaired) electrons. The van der Waals surface area contributed by atoms with E-state index < -0.39 is 11.6 Å². The number of carbonyl (C=O) groups is 1. The summed E-state index contributed by atoms with van der Waals surface area (Å²) in [5, 5.41) is 0.381. The van der Waals surface area contributed by atoms with Crippen molar-refractivity contribution in [3.05, 3.63) is 33.8 Å². The first-order valence-corrected chi connectivity index (χ1v) is 7.55. The summed E-state index contributed by atoms with van der Waals surface area (Å²) in [6, 6.07) is 2.46. The molecule has 5 heteroatoms. The zero-order valence-electron chi connectivity index (χ0n) is 10.3. The summed E-state index contributed by atoms with van der Waals surface area (Å²) in [4.78, 5) is 11.7. The van der Waals surface area contributed by atoms with E-state index in [4.69, 9.17) is 0 Å². The van der Waals surface area contributed by atoms with Crippen molar-refractivity contribution in [3.8, 4) is 0 Å². The van der Waals surface area contributed by atoms with E-state index in [9.17, 15) is 13.6 Å². The number of ketones is 1. The average Bonchev–Trinajstić information content (AvgIpc) is 2.36. The van der Waals surface area contributed by atoms with Gasteiger partial charge in [0.2, 0.25) is 0 Å². The van der Waals surface area contributed by atoms with Crippen molar-refractivity contribution in [1.29, 1.82) is 0 Å². The third-order valence-corrected chi connectivity index (χ3v) is 4.62. The van der Waals surface area contributed by atoms with Crippen molar-refractivity contribution in [3.63, 3.8) is 0 Å². The first-order chi connectivity index (χ1) is 8.45. The molecule has 1 unspecified atom stereocenters. The fraction of sp³-hybridized carbons (Fsp3) is 0.462. The Balaban J connectivity index is 2.68. The molecule has 0 aliphatic rings. The second-order valence-electron chi connectivity index (χ2n) is 4.07. The third kappa shape index (κ3) is 4.35. The summed E-state index contributed by atoms with van der Waals surface area (Å²) in [5.74, 6) is -1.22. The standard InChI is InChI=1S/C13H15BrF2OS/c1-3-8(2)18-7-9(17)6-10-12(15)5-4-11(14)13(10)16/h4-5,8H,3,6-7H2,1-2H3. The van der Waals surface area contributed by atoms with Gasteiger partial charge in [-0.2, -0.15) is 11.8 Å². The molecule has 0 heterocycles. The van der Waals surface area contributed by atoms with Gasteiger partial charge in [-0.15, -0.1) is 0 Å². The maximum atomic E-state index is 13.6. The Morgan fingerprint density at radius 1 is 1.44 bits per heavy atom. The molecule has 1 nitrogen and oxygen atoms in total. The molecular formula is C13H15BrF2OS. The van der Waals surface area contributed by atoms with E-state index >= 15 is 0 Å². The highest BCUT2D eigenvalue weighted by Crippen LogP contribution is 2.23. The van der Waals surface area contributed by atoms with Crippen LogP contribution in [0.4, 0.5) is 8.78 Å². The zero-order valence-corrected chi connectivity index (χ0v) is 12.7. The van der Waals surface area contributed by atoms with Gasteiger partial charge in [-0.1, -0.05) is 13.8 Å². The number of thioether (sulfide) groups is 1. The lowest BCUT2D eigenvalue weighted by Gasteiger charge is -2.08. The molecule has 0 amide bonds. The molecule has 0 saturated heterocycles. The molecule has 1 rings (SSSR count). The predicted octanol–water partition coefficient (Wildman–Crippen LogP) is 4.37. The number of Topliss-reactive ketones (excluding diaryl/α,β-unsaturated/α-hetero) is 1. The van der Waals surface area contributed by atoms with E-state index in [1.54, 1.807) is 0 Å². The lowest BCUT2D eigenvalue weighted by atomic mass is 10.1. The number of benzene rings is 1. The van der Waals surface area contributed by atoms with Gasteiger partial charge in [-0.3, -0.25) is 4.79 Å². The first kappa shape index (κ1) is 15.6. The Morgan fingerprint density at radius 2 is 2.11 bits per heavy atom. The Bertz CT molecular complexity index is 437. The number of rotatable bonds is 6. The van der Waals surface area contributed by atoms with Crippen LogP contribution in [0.25, 0.3) is 0 Å². The van der Waals surface area contributed by atoms with Crippen LogP contribution in [0.1, 0.15) is 25.8 Å². The molecule has 0 aromatic heterocycles. The molecule has 1 aromatic carbocycles. The SMILES string of the molecule is CCC(C)SCC(=O)Cc1c(F)ccc(Br)c1F. The smallest absolute Gasteiger partial charge is 0.147 e. The van der Waals surface area contributed by atoms with E-state index in [1.807, 2.05) is 13.8 Å². The van der Waals surface area contributed by atoms with E-state index in [2.05, 4.69) is 15.9 Å². The van der Waals surface area contributed by atoms with Crippen molar-refractivity contribution in [2.24, 2.45) is 0 Å². The second-order valence-corrected chi connectivity index (χ2v) is 6.35. The predicted molar refractivity (Wildman–Crippen MR) is 75.0 cm³/mol. The van der Waals surface area contributed by atoms with E-state index in [0.717, 1.165) is 12.5 Å². The van der Waals surface area contributed by atoms with Gasteiger partial charge in [-0.25, -0.2) is 8.78 Å². The average molecular weight is 337 g/mol. The van der Waals surface area contributed by atoms with Crippen LogP contribution in [-0.2, 0) is 11.2 Å². The molecule has 0 aliphatic carbocycles. The fourth-order valence-electron chi connectivity index (χ4n) is 1.33. The van der Waals surface area contributed by atoms with Gasteiger partial charge in [0.15, 0.2) is 0 Å². The van der Waals surface area contributed by atoms with Gasteiger partial charge >= 0.3 is 0 Å². The Kier molecular flexibility index (Phi) is 6.29. The lowest BCUT2D eigenvalue weighted by Crippen LogP contribution is -2.11. The van der Waals surface area contributed by atoms with Gasteiger partial charge in [0.25, 0.3) is 0 Å². The fourth-order valence-corrected chi connectivity index (χ4v) is 2.51. The molecule has 0 N–H and O–H groups in total. The largest absolute Gasteiger partial charge is 0.298 e. The Hall–Kier alpha value is -0.420. The summed E-state index contributed by atoms with van der Waals surface area (Å²) >= 11 is 4.50. The van der Waals surface area contributed by atoms with Crippen LogP contribution >= 0.6 is 27.7 Å². The molecule has 1 aromatic rings. The normalized spacial score (nSPS) is 12.5. The van der Waals surface area contributed by atoms with Crippen LogP contribution in [0, 0.1) is 11.6 Å². The molecule has 0 fully saturated rings.